The van der Waals surface area contributed by atoms with Crippen LogP contribution in [0.15, 0.2) is 36.4 Å². The fourth-order valence-electron chi connectivity index (χ4n) is 1.66. The molecule has 0 unspecified atom stereocenters. The molecule has 0 amide bonds. The highest BCUT2D eigenvalue weighted by Crippen LogP contribution is 2.27. The van der Waals surface area contributed by atoms with Gasteiger partial charge in [-0.05, 0) is 23.9 Å². The van der Waals surface area contributed by atoms with Crippen LogP contribution in [-0.4, -0.2) is 13.9 Å². The molecule has 0 heterocycles. The Labute approximate surface area is 89.4 Å². The van der Waals surface area contributed by atoms with Gasteiger partial charge in [0.15, 0.2) is 6.79 Å². The lowest BCUT2D eigenvalue weighted by molar-refractivity contribution is 0.0522. The number of methoxy groups -OCH3 is 1. The van der Waals surface area contributed by atoms with Crippen LogP contribution >= 0.6 is 0 Å². The minimum atomic E-state index is 0.285. The number of aryl methyl sites for hydroxylation is 1. The number of hydrogen-bond donors (Lipinski definition) is 0. The van der Waals surface area contributed by atoms with Crippen molar-refractivity contribution in [2.75, 3.05) is 13.9 Å². The molecule has 2 heteroatoms. The maximum absolute atomic E-state index is 5.53. The molecule has 0 aliphatic rings. The summed E-state index contributed by atoms with van der Waals surface area (Å²) in [6, 6.07) is 12.4. The first-order valence-corrected chi connectivity index (χ1v) is 4.92. The molecule has 2 aromatic carbocycles. The molecule has 0 aliphatic heterocycles. The summed E-state index contributed by atoms with van der Waals surface area (Å²) in [5.74, 6) is 0.882. The zero-order valence-electron chi connectivity index (χ0n) is 8.99. The molecule has 0 fully saturated rings. The second-order valence-electron chi connectivity index (χ2n) is 3.54. The van der Waals surface area contributed by atoms with E-state index in [2.05, 4.69) is 25.1 Å². The summed E-state index contributed by atoms with van der Waals surface area (Å²) in [6.45, 7) is 2.35. The van der Waals surface area contributed by atoms with Crippen molar-refractivity contribution >= 4 is 10.8 Å². The quantitative estimate of drug-likeness (QED) is 0.712. The van der Waals surface area contributed by atoms with Crippen molar-refractivity contribution in [1.29, 1.82) is 0 Å². The second kappa shape index (κ2) is 4.32. The molecule has 15 heavy (non-hydrogen) atoms. The van der Waals surface area contributed by atoms with Crippen LogP contribution in [0.25, 0.3) is 10.8 Å². The maximum atomic E-state index is 5.53. The van der Waals surface area contributed by atoms with Crippen molar-refractivity contribution < 1.29 is 9.47 Å². The van der Waals surface area contributed by atoms with Gasteiger partial charge < -0.3 is 9.47 Å². The summed E-state index contributed by atoms with van der Waals surface area (Å²) in [5, 5.41) is 2.32. The van der Waals surface area contributed by atoms with Gasteiger partial charge in [-0.25, -0.2) is 0 Å². The van der Waals surface area contributed by atoms with Gasteiger partial charge in [-0.2, -0.15) is 0 Å². The van der Waals surface area contributed by atoms with Crippen molar-refractivity contribution in [3.63, 3.8) is 0 Å². The molecular formula is C13H14O2. The summed E-state index contributed by atoms with van der Waals surface area (Å²) < 4.78 is 10.4. The summed E-state index contributed by atoms with van der Waals surface area (Å²) >= 11 is 0. The lowest BCUT2D eigenvalue weighted by atomic mass is 10.1. The lowest BCUT2D eigenvalue weighted by Crippen LogP contribution is -1.99. The maximum Gasteiger partial charge on any atom is 0.188 e. The summed E-state index contributed by atoms with van der Waals surface area (Å²) in [5.41, 5.74) is 1.19. The minimum Gasteiger partial charge on any atom is -0.467 e. The Morgan fingerprint density at radius 1 is 1.13 bits per heavy atom. The van der Waals surface area contributed by atoms with Crippen LogP contribution in [0.1, 0.15) is 5.56 Å². The fraction of sp³-hybridized carbons (Fsp3) is 0.231. The first kappa shape index (κ1) is 9.99. The standard InChI is InChI=1S/C13H14O2/c1-10-7-11-5-3-4-6-12(11)13(8-10)15-9-14-2/h3-8H,9H2,1-2H3. The Hall–Kier alpha value is -1.54. The highest BCUT2D eigenvalue weighted by Gasteiger charge is 2.02. The fourth-order valence-corrected chi connectivity index (χ4v) is 1.66. The predicted molar refractivity (Wildman–Crippen MR) is 61.2 cm³/mol. The highest BCUT2D eigenvalue weighted by atomic mass is 16.7. The van der Waals surface area contributed by atoms with Crippen molar-refractivity contribution in [3.05, 3.63) is 42.0 Å². The van der Waals surface area contributed by atoms with Crippen molar-refractivity contribution in [2.45, 2.75) is 6.92 Å². The van der Waals surface area contributed by atoms with Crippen LogP contribution in [-0.2, 0) is 4.74 Å². The largest absolute Gasteiger partial charge is 0.467 e. The van der Waals surface area contributed by atoms with Gasteiger partial charge in [-0.3, -0.25) is 0 Å². The molecule has 0 saturated heterocycles. The van der Waals surface area contributed by atoms with Crippen molar-refractivity contribution in [1.82, 2.24) is 0 Å². The molecule has 0 aliphatic carbocycles. The van der Waals surface area contributed by atoms with E-state index >= 15 is 0 Å². The second-order valence-corrected chi connectivity index (χ2v) is 3.54. The third-order valence-corrected chi connectivity index (χ3v) is 2.30. The molecule has 0 bridgehead atoms. The third kappa shape index (κ3) is 2.10. The molecule has 0 N–H and O–H groups in total. The van der Waals surface area contributed by atoms with E-state index in [9.17, 15) is 0 Å². The Balaban J connectivity index is 2.50. The van der Waals surface area contributed by atoms with Gasteiger partial charge in [0.25, 0.3) is 0 Å². The first-order chi connectivity index (χ1) is 7.31. The number of ether oxygens (including phenoxy) is 2. The third-order valence-electron chi connectivity index (χ3n) is 2.30. The van der Waals surface area contributed by atoms with Crippen LogP contribution < -0.4 is 4.74 Å². The average Bonchev–Trinajstić information content (AvgIpc) is 2.25. The van der Waals surface area contributed by atoms with E-state index in [4.69, 9.17) is 9.47 Å². The van der Waals surface area contributed by atoms with E-state index in [0.29, 0.717) is 0 Å². The van der Waals surface area contributed by atoms with Gasteiger partial charge in [-0.15, -0.1) is 0 Å². The smallest absolute Gasteiger partial charge is 0.188 e. The van der Waals surface area contributed by atoms with Gasteiger partial charge in [0.1, 0.15) is 5.75 Å². The van der Waals surface area contributed by atoms with Gasteiger partial charge >= 0.3 is 0 Å². The zero-order chi connectivity index (χ0) is 10.7. The Morgan fingerprint density at radius 2 is 1.93 bits per heavy atom. The van der Waals surface area contributed by atoms with Crippen LogP contribution in [0.2, 0.25) is 0 Å². The summed E-state index contributed by atoms with van der Waals surface area (Å²) in [7, 11) is 1.62. The monoisotopic (exact) mass is 202 g/mol. The molecule has 0 spiro atoms. The number of benzene rings is 2. The number of rotatable bonds is 3. The van der Waals surface area contributed by atoms with E-state index < -0.39 is 0 Å². The molecule has 0 aromatic heterocycles. The highest BCUT2D eigenvalue weighted by molar-refractivity contribution is 5.88. The molecule has 0 radical (unpaired) electrons. The van der Waals surface area contributed by atoms with Gasteiger partial charge in [-0.1, -0.05) is 30.3 Å². The van der Waals surface area contributed by atoms with Crippen LogP contribution in [0.5, 0.6) is 5.75 Å². The molecule has 78 valence electrons. The van der Waals surface area contributed by atoms with Gasteiger partial charge in [0, 0.05) is 12.5 Å². The van der Waals surface area contributed by atoms with Crippen LogP contribution in [0.3, 0.4) is 0 Å². The van der Waals surface area contributed by atoms with Crippen molar-refractivity contribution in [2.24, 2.45) is 0 Å². The first-order valence-electron chi connectivity index (χ1n) is 4.92. The summed E-state index contributed by atoms with van der Waals surface area (Å²) in [4.78, 5) is 0. The Morgan fingerprint density at radius 3 is 2.73 bits per heavy atom. The molecule has 2 aromatic rings. The van der Waals surface area contributed by atoms with E-state index in [1.165, 1.54) is 10.9 Å². The number of hydrogen-bond acceptors (Lipinski definition) is 2. The molecule has 2 nitrogen and oxygen atoms in total. The molecule has 0 saturated carbocycles. The van der Waals surface area contributed by atoms with Crippen molar-refractivity contribution in [3.8, 4) is 5.75 Å². The Bertz CT molecular complexity index is 463. The normalized spacial score (nSPS) is 10.5. The number of fused-ring (bicyclic) bond motifs is 1. The zero-order valence-corrected chi connectivity index (χ0v) is 8.99. The topological polar surface area (TPSA) is 18.5 Å². The van der Waals surface area contributed by atoms with E-state index in [-0.39, 0.29) is 6.79 Å². The molecule has 2 rings (SSSR count). The van der Waals surface area contributed by atoms with E-state index in [0.717, 1.165) is 11.1 Å². The minimum absolute atomic E-state index is 0.285. The van der Waals surface area contributed by atoms with Gasteiger partial charge in [0.2, 0.25) is 0 Å². The predicted octanol–water partition coefficient (Wildman–Crippen LogP) is 3.13. The molecular weight excluding hydrogens is 188 g/mol. The van der Waals surface area contributed by atoms with Crippen LogP contribution in [0, 0.1) is 6.92 Å². The van der Waals surface area contributed by atoms with E-state index in [1.807, 2.05) is 18.2 Å². The molecule has 0 atom stereocenters. The Kier molecular flexibility index (Phi) is 2.88. The van der Waals surface area contributed by atoms with E-state index in [1.54, 1.807) is 7.11 Å². The van der Waals surface area contributed by atoms with Crippen LogP contribution in [0.4, 0.5) is 0 Å². The average molecular weight is 202 g/mol. The SMILES string of the molecule is COCOc1cc(C)cc2ccccc12. The summed E-state index contributed by atoms with van der Waals surface area (Å²) in [6.07, 6.45) is 0. The lowest BCUT2D eigenvalue weighted by Gasteiger charge is -2.09. The van der Waals surface area contributed by atoms with Gasteiger partial charge in [0.05, 0.1) is 0 Å².